The summed E-state index contributed by atoms with van der Waals surface area (Å²) in [5.74, 6) is 0.190. The molecule has 5 heteroatoms. The van der Waals surface area contributed by atoms with Gasteiger partial charge in [0.15, 0.2) is 5.82 Å². The van der Waals surface area contributed by atoms with E-state index in [1.165, 1.54) is 0 Å². The first-order valence-electron chi connectivity index (χ1n) is 6.08. The van der Waals surface area contributed by atoms with Crippen LogP contribution in [0.15, 0.2) is 24.4 Å². The van der Waals surface area contributed by atoms with Gasteiger partial charge in [0.05, 0.1) is 5.52 Å². The zero-order valence-electron chi connectivity index (χ0n) is 11.3. The van der Waals surface area contributed by atoms with Gasteiger partial charge >= 0.3 is 0 Å². The van der Waals surface area contributed by atoms with Crippen LogP contribution in [0.5, 0.6) is 0 Å². The van der Waals surface area contributed by atoms with Crippen LogP contribution in [-0.2, 0) is 4.79 Å². The molecule has 0 radical (unpaired) electrons. The normalized spacial score (nSPS) is 11.3. The van der Waals surface area contributed by atoms with Crippen molar-refractivity contribution in [1.29, 1.82) is 5.26 Å². The van der Waals surface area contributed by atoms with Crippen LogP contribution in [0.1, 0.15) is 32.8 Å². The van der Waals surface area contributed by atoms with E-state index >= 15 is 0 Å². The monoisotopic (exact) mass is 256 g/mol. The van der Waals surface area contributed by atoms with Crippen molar-refractivity contribution >= 4 is 17.2 Å². The summed E-state index contributed by atoms with van der Waals surface area (Å²) < 4.78 is 1.59. The van der Waals surface area contributed by atoms with Gasteiger partial charge in [-0.15, -0.1) is 5.10 Å². The van der Waals surface area contributed by atoms with E-state index in [9.17, 15) is 10.1 Å². The van der Waals surface area contributed by atoms with Gasteiger partial charge in [0.25, 0.3) is 0 Å². The van der Waals surface area contributed by atoms with E-state index in [0.717, 1.165) is 0 Å². The van der Waals surface area contributed by atoms with E-state index in [4.69, 9.17) is 0 Å². The number of hydrogen-bond donors (Lipinski definition) is 1. The molecule has 0 aromatic carbocycles. The lowest BCUT2D eigenvalue weighted by molar-refractivity contribution is -0.117. The summed E-state index contributed by atoms with van der Waals surface area (Å²) in [4.78, 5) is 11.9. The van der Waals surface area contributed by atoms with Crippen LogP contribution in [0.25, 0.3) is 5.52 Å². The van der Waals surface area contributed by atoms with Crippen LogP contribution >= 0.6 is 0 Å². The number of amides is 1. The average molecular weight is 256 g/mol. The molecule has 1 amide bonds. The standard InChI is InChI=1S/C14H16N4O/c1-14(2,3)8-12(19)16-13-10(9-15)11-6-4-5-7-18(11)17-13/h4-7H,8H2,1-3H3,(H,16,17,19). The number of nitriles is 1. The lowest BCUT2D eigenvalue weighted by atomic mass is 9.92. The molecule has 19 heavy (non-hydrogen) atoms. The van der Waals surface area contributed by atoms with Gasteiger partial charge in [-0.3, -0.25) is 4.79 Å². The van der Waals surface area contributed by atoms with E-state index in [1.54, 1.807) is 16.8 Å². The summed E-state index contributed by atoms with van der Waals surface area (Å²) in [6.07, 6.45) is 2.13. The highest BCUT2D eigenvalue weighted by Gasteiger charge is 2.19. The van der Waals surface area contributed by atoms with Crippen molar-refractivity contribution in [2.75, 3.05) is 5.32 Å². The molecular weight excluding hydrogens is 240 g/mol. The Morgan fingerprint density at radius 1 is 1.47 bits per heavy atom. The summed E-state index contributed by atoms with van der Waals surface area (Å²) in [6, 6.07) is 7.54. The highest BCUT2D eigenvalue weighted by Crippen LogP contribution is 2.22. The maximum Gasteiger partial charge on any atom is 0.226 e. The summed E-state index contributed by atoms with van der Waals surface area (Å²) >= 11 is 0. The number of nitrogens with one attached hydrogen (secondary N) is 1. The smallest absolute Gasteiger partial charge is 0.226 e. The lowest BCUT2D eigenvalue weighted by Gasteiger charge is -2.16. The number of pyridine rings is 1. The van der Waals surface area contributed by atoms with Crippen LogP contribution < -0.4 is 5.32 Å². The number of anilines is 1. The van der Waals surface area contributed by atoms with E-state index < -0.39 is 0 Å². The minimum atomic E-state index is -0.132. The maximum atomic E-state index is 11.9. The molecule has 0 aliphatic heterocycles. The Morgan fingerprint density at radius 2 is 2.21 bits per heavy atom. The third-order valence-corrected chi connectivity index (χ3v) is 2.60. The van der Waals surface area contributed by atoms with E-state index in [2.05, 4.69) is 16.5 Å². The number of fused-ring (bicyclic) bond motifs is 1. The first-order chi connectivity index (χ1) is 8.90. The molecule has 0 unspecified atom stereocenters. The molecule has 0 atom stereocenters. The predicted molar refractivity (Wildman–Crippen MR) is 72.6 cm³/mol. The van der Waals surface area contributed by atoms with Gasteiger partial charge in [-0.2, -0.15) is 5.26 Å². The Labute approximate surface area is 111 Å². The molecule has 0 spiro atoms. The van der Waals surface area contributed by atoms with Gasteiger partial charge in [-0.25, -0.2) is 4.52 Å². The summed E-state index contributed by atoms with van der Waals surface area (Å²) in [5.41, 5.74) is 0.981. The van der Waals surface area contributed by atoms with Crippen LogP contribution in [0.2, 0.25) is 0 Å². The highest BCUT2D eigenvalue weighted by molar-refractivity contribution is 5.92. The highest BCUT2D eigenvalue weighted by atomic mass is 16.1. The molecule has 0 fully saturated rings. The molecule has 0 aliphatic carbocycles. The van der Waals surface area contributed by atoms with E-state index in [1.807, 2.05) is 32.9 Å². The maximum absolute atomic E-state index is 11.9. The molecule has 2 rings (SSSR count). The number of carbonyl (C=O) groups is 1. The first-order valence-corrected chi connectivity index (χ1v) is 6.08. The third kappa shape index (κ3) is 2.91. The quantitative estimate of drug-likeness (QED) is 0.897. The third-order valence-electron chi connectivity index (χ3n) is 2.60. The second-order valence-corrected chi connectivity index (χ2v) is 5.65. The average Bonchev–Trinajstić information content (AvgIpc) is 2.63. The van der Waals surface area contributed by atoms with Gasteiger partial charge in [0.1, 0.15) is 11.6 Å². The fraction of sp³-hybridized carbons (Fsp3) is 0.357. The molecule has 0 aliphatic rings. The zero-order chi connectivity index (χ0) is 14.0. The topological polar surface area (TPSA) is 70.2 Å². The molecule has 0 bridgehead atoms. The lowest BCUT2D eigenvalue weighted by Crippen LogP contribution is -2.20. The summed E-state index contributed by atoms with van der Waals surface area (Å²) in [6.45, 7) is 5.96. The van der Waals surface area contributed by atoms with Gasteiger partial charge in [-0.1, -0.05) is 26.8 Å². The summed E-state index contributed by atoms with van der Waals surface area (Å²) in [7, 11) is 0. The SMILES string of the molecule is CC(C)(C)CC(=O)Nc1nn2ccccc2c1C#N. The van der Waals surface area contributed by atoms with Crippen LogP contribution in [0, 0.1) is 16.7 Å². The van der Waals surface area contributed by atoms with Crippen LogP contribution in [0.4, 0.5) is 5.82 Å². The van der Waals surface area contributed by atoms with E-state index in [0.29, 0.717) is 23.3 Å². The minimum Gasteiger partial charge on any atom is -0.308 e. The molecule has 2 heterocycles. The largest absolute Gasteiger partial charge is 0.308 e. The van der Waals surface area contributed by atoms with Crippen LogP contribution in [-0.4, -0.2) is 15.5 Å². The van der Waals surface area contributed by atoms with Crippen molar-refractivity contribution in [2.24, 2.45) is 5.41 Å². The van der Waals surface area contributed by atoms with Gasteiger partial charge in [-0.05, 0) is 17.5 Å². The Hall–Kier alpha value is -2.35. The zero-order valence-corrected chi connectivity index (χ0v) is 11.3. The molecule has 0 saturated heterocycles. The predicted octanol–water partition coefficient (Wildman–Crippen LogP) is 2.58. The Kier molecular flexibility index (Phi) is 3.26. The molecule has 0 saturated carbocycles. The van der Waals surface area contributed by atoms with Crippen molar-refractivity contribution < 1.29 is 4.79 Å². The van der Waals surface area contributed by atoms with E-state index in [-0.39, 0.29) is 11.3 Å². The Bertz CT molecular complexity index is 658. The van der Waals surface area contributed by atoms with Crippen molar-refractivity contribution in [3.63, 3.8) is 0 Å². The fourth-order valence-corrected chi connectivity index (χ4v) is 1.85. The molecule has 1 N–H and O–H groups in total. The second kappa shape index (κ2) is 4.73. The van der Waals surface area contributed by atoms with Crippen molar-refractivity contribution in [3.05, 3.63) is 30.0 Å². The molecule has 5 nitrogen and oxygen atoms in total. The number of rotatable bonds is 2. The molecule has 2 aromatic rings. The second-order valence-electron chi connectivity index (χ2n) is 5.65. The first kappa shape index (κ1) is 13.1. The molecular formula is C14H16N4O. The Morgan fingerprint density at radius 3 is 2.84 bits per heavy atom. The molecule has 2 aromatic heterocycles. The van der Waals surface area contributed by atoms with Crippen molar-refractivity contribution in [2.45, 2.75) is 27.2 Å². The van der Waals surface area contributed by atoms with Gasteiger partial charge < -0.3 is 5.32 Å². The van der Waals surface area contributed by atoms with Crippen molar-refractivity contribution in [1.82, 2.24) is 9.61 Å². The number of carbonyl (C=O) groups excluding carboxylic acids is 1. The number of nitrogens with zero attached hydrogens (tertiary/aromatic N) is 3. The molecule has 98 valence electrons. The van der Waals surface area contributed by atoms with Gasteiger partial charge in [0.2, 0.25) is 5.91 Å². The summed E-state index contributed by atoms with van der Waals surface area (Å²) in [5, 5.41) is 16.1. The van der Waals surface area contributed by atoms with Crippen molar-refractivity contribution in [3.8, 4) is 6.07 Å². The number of hydrogen-bond acceptors (Lipinski definition) is 3. The van der Waals surface area contributed by atoms with Crippen LogP contribution in [0.3, 0.4) is 0 Å². The van der Waals surface area contributed by atoms with Gasteiger partial charge in [0, 0.05) is 12.6 Å². The Balaban J connectivity index is 2.31. The minimum absolute atomic E-state index is 0.101. The number of aromatic nitrogens is 2. The fourth-order valence-electron chi connectivity index (χ4n) is 1.85.